The summed E-state index contributed by atoms with van der Waals surface area (Å²) in [5.74, 6) is 0.139. The van der Waals surface area contributed by atoms with Gasteiger partial charge in [0.1, 0.15) is 0 Å². The molecular formula is C16H26N2O2. The largest absolute Gasteiger partial charge is 0.382 e. The minimum Gasteiger partial charge on any atom is -0.382 e. The highest BCUT2D eigenvalue weighted by Gasteiger charge is 2.18. The average molecular weight is 278 g/mol. The molecule has 0 spiro atoms. The zero-order valence-electron chi connectivity index (χ0n) is 12.8. The second kappa shape index (κ2) is 8.72. The van der Waals surface area contributed by atoms with Crippen LogP contribution in [-0.4, -0.2) is 25.2 Å². The fraction of sp³-hybridized carbons (Fsp3) is 0.562. The first-order valence-corrected chi connectivity index (χ1v) is 7.29. The third-order valence-electron chi connectivity index (χ3n) is 3.12. The number of anilines is 1. The molecule has 0 fully saturated rings. The van der Waals surface area contributed by atoms with Crippen LogP contribution in [0.15, 0.2) is 24.3 Å². The van der Waals surface area contributed by atoms with Crippen molar-refractivity contribution in [3.63, 3.8) is 0 Å². The monoisotopic (exact) mass is 278 g/mol. The van der Waals surface area contributed by atoms with Gasteiger partial charge in [-0.15, -0.1) is 0 Å². The van der Waals surface area contributed by atoms with Crippen molar-refractivity contribution in [1.29, 1.82) is 0 Å². The molecule has 0 aliphatic carbocycles. The highest BCUT2D eigenvalue weighted by Crippen LogP contribution is 2.19. The van der Waals surface area contributed by atoms with E-state index in [1.54, 1.807) is 0 Å². The third kappa shape index (κ3) is 4.94. The quantitative estimate of drug-likeness (QED) is 0.744. The summed E-state index contributed by atoms with van der Waals surface area (Å²) in [5.41, 5.74) is 7.60. The van der Waals surface area contributed by atoms with Gasteiger partial charge in [0.25, 0.3) is 0 Å². The summed E-state index contributed by atoms with van der Waals surface area (Å²) in [6.07, 6.45) is 1.27. The van der Waals surface area contributed by atoms with E-state index in [4.69, 9.17) is 10.5 Å². The second-order valence-electron chi connectivity index (χ2n) is 5.03. The molecule has 1 aromatic rings. The Bertz CT molecular complexity index is 401. The maximum absolute atomic E-state index is 12.3. The summed E-state index contributed by atoms with van der Waals surface area (Å²) in [6, 6.07) is 8.00. The Morgan fingerprint density at radius 3 is 2.45 bits per heavy atom. The van der Waals surface area contributed by atoms with E-state index >= 15 is 0 Å². The molecule has 0 atom stereocenters. The van der Waals surface area contributed by atoms with Crippen LogP contribution in [0.1, 0.15) is 39.2 Å². The fourth-order valence-corrected chi connectivity index (χ4v) is 2.11. The van der Waals surface area contributed by atoms with Gasteiger partial charge in [-0.25, -0.2) is 0 Å². The minimum absolute atomic E-state index is 0.137. The van der Waals surface area contributed by atoms with E-state index < -0.39 is 0 Å². The Labute approximate surface area is 121 Å². The molecule has 0 aromatic heterocycles. The van der Waals surface area contributed by atoms with Crippen molar-refractivity contribution in [3.8, 4) is 0 Å². The Kier molecular flexibility index (Phi) is 7.26. The summed E-state index contributed by atoms with van der Waals surface area (Å²) < 4.78 is 5.28. The van der Waals surface area contributed by atoms with Gasteiger partial charge in [-0.1, -0.05) is 12.1 Å². The van der Waals surface area contributed by atoms with Gasteiger partial charge in [0.05, 0.1) is 0 Å². The van der Waals surface area contributed by atoms with E-state index in [0.29, 0.717) is 26.2 Å². The van der Waals surface area contributed by atoms with E-state index in [-0.39, 0.29) is 11.9 Å². The van der Waals surface area contributed by atoms with Crippen LogP contribution in [0.5, 0.6) is 0 Å². The number of benzene rings is 1. The highest BCUT2D eigenvalue weighted by atomic mass is 16.5. The van der Waals surface area contributed by atoms with Crippen molar-refractivity contribution in [3.05, 3.63) is 29.8 Å². The summed E-state index contributed by atoms with van der Waals surface area (Å²) in [5, 5.41) is 0. The number of hydrogen-bond acceptors (Lipinski definition) is 3. The Morgan fingerprint density at radius 2 is 1.95 bits per heavy atom. The molecule has 1 aromatic carbocycles. The Balaban J connectivity index is 2.69. The summed E-state index contributed by atoms with van der Waals surface area (Å²) in [6.45, 7) is 7.86. The zero-order valence-corrected chi connectivity index (χ0v) is 12.8. The molecule has 1 rings (SSSR count). The molecule has 0 saturated heterocycles. The van der Waals surface area contributed by atoms with E-state index in [2.05, 4.69) is 0 Å². The maximum atomic E-state index is 12.3. The molecule has 20 heavy (non-hydrogen) atoms. The van der Waals surface area contributed by atoms with Crippen LogP contribution in [0.2, 0.25) is 0 Å². The highest BCUT2D eigenvalue weighted by molar-refractivity contribution is 5.93. The van der Waals surface area contributed by atoms with Crippen molar-refractivity contribution in [2.45, 2.75) is 46.2 Å². The van der Waals surface area contributed by atoms with Crippen LogP contribution in [-0.2, 0) is 16.1 Å². The second-order valence-corrected chi connectivity index (χ2v) is 5.03. The van der Waals surface area contributed by atoms with Crippen LogP contribution in [0.3, 0.4) is 0 Å². The number of ether oxygens (including phenoxy) is 1. The Morgan fingerprint density at radius 1 is 1.30 bits per heavy atom. The molecule has 0 aliphatic rings. The molecule has 4 nitrogen and oxygen atoms in total. The molecule has 2 N–H and O–H groups in total. The van der Waals surface area contributed by atoms with Crippen LogP contribution in [0, 0.1) is 0 Å². The zero-order chi connectivity index (χ0) is 15.0. The van der Waals surface area contributed by atoms with Crippen molar-refractivity contribution in [1.82, 2.24) is 0 Å². The third-order valence-corrected chi connectivity index (χ3v) is 3.12. The van der Waals surface area contributed by atoms with Gasteiger partial charge in [-0.2, -0.15) is 0 Å². The SMILES string of the molecule is CCOCCCC(=O)N(c1ccc(CN)cc1)C(C)C. The number of nitrogens with zero attached hydrogens (tertiary/aromatic N) is 1. The van der Waals surface area contributed by atoms with Crippen LogP contribution in [0.25, 0.3) is 0 Å². The molecule has 0 unspecified atom stereocenters. The number of carbonyl (C=O) groups excluding carboxylic acids is 1. The summed E-state index contributed by atoms with van der Waals surface area (Å²) >= 11 is 0. The molecule has 0 saturated carbocycles. The molecule has 1 amide bonds. The van der Waals surface area contributed by atoms with E-state index in [0.717, 1.165) is 17.7 Å². The van der Waals surface area contributed by atoms with Gasteiger partial charge in [-0.05, 0) is 44.9 Å². The molecule has 112 valence electrons. The first-order valence-electron chi connectivity index (χ1n) is 7.29. The lowest BCUT2D eigenvalue weighted by Crippen LogP contribution is -2.37. The van der Waals surface area contributed by atoms with Crippen LogP contribution >= 0.6 is 0 Å². The lowest BCUT2D eigenvalue weighted by atomic mass is 10.1. The molecular weight excluding hydrogens is 252 g/mol. The van der Waals surface area contributed by atoms with Crippen LogP contribution in [0.4, 0.5) is 5.69 Å². The molecule has 0 radical (unpaired) electrons. The predicted octanol–water partition coefficient (Wildman–Crippen LogP) is 2.70. The van der Waals surface area contributed by atoms with Crippen LogP contribution < -0.4 is 10.6 Å². The van der Waals surface area contributed by atoms with Gasteiger partial charge in [0, 0.05) is 37.9 Å². The number of nitrogens with two attached hydrogens (primary N) is 1. The lowest BCUT2D eigenvalue weighted by Gasteiger charge is -2.27. The predicted molar refractivity (Wildman–Crippen MR) is 82.7 cm³/mol. The molecule has 0 heterocycles. The van der Waals surface area contributed by atoms with Crippen molar-refractivity contribution in [2.24, 2.45) is 5.73 Å². The Hall–Kier alpha value is -1.39. The molecule has 4 heteroatoms. The van der Waals surface area contributed by atoms with Gasteiger partial charge in [0.2, 0.25) is 5.91 Å². The smallest absolute Gasteiger partial charge is 0.227 e. The number of carbonyl (C=O) groups is 1. The van der Waals surface area contributed by atoms with Gasteiger partial charge in [0.15, 0.2) is 0 Å². The van der Waals surface area contributed by atoms with E-state index in [9.17, 15) is 4.79 Å². The summed E-state index contributed by atoms with van der Waals surface area (Å²) in [7, 11) is 0. The van der Waals surface area contributed by atoms with Gasteiger partial charge in [-0.3, -0.25) is 4.79 Å². The average Bonchev–Trinajstić information content (AvgIpc) is 2.44. The van der Waals surface area contributed by atoms with E-state index in [1.807, 2.05) is 49.9 Å². The molecule has 0 aliphatic heterocycles. The van der Waals surface area contributed by atoms with Crippen molar-refractivity contribution >= 4 is 11.6 Å². The maximum Gasteiger partial charge on any atom is 0.227 e. The molecule has 0 bridgehead atoms. The topological polar surface area (TPSA) is 55.6 Å². The number of hydrogen-bond donors (Lipinski definition) is 1. The lowest BCUT2D eigenvalue weighted by molar-refractivity contribution is -0.119. The van der Waals surface area contributed by atoms with Gasteiger partial charge >= 0.3 is 0 Å². The van der Waals surface area contributed by atoms with Gasteiger partial charge < -0.3 is 15.4 Å². The minimum atomic E-state index is 0.137. The number of amides is 1. The van der Waals surface area contributed by atoms with Crippen molar-refractivity contribution < 1.29 is 9.53 Å². The fourth-order valence-electron chi connectivity index (χ4n) is 2.11. The first-order chi connectivity index (χ1) is 9.60. The normalized spacial score (nSPS) is 10.8. The standard InChI is InChI=1S/C16H26N2O2/c1-4-20-11-5-6-16(19)18(13(2)3)15-9-7-14(12-17)8-10-15/h7-10,13H,4-6,11-12,17H2,1-3H3. The summed E-state index contributed by atoms with van der Waals surface area (Å²) in [4.78, 5) is 14.2. The van der Waals surface area contributed by atoms with E-state index in [1.165, 1.54) is 0 Å². The van der Waals surface area contributed by atoms with Crippen molar-refractivity contribution in [2.75, 3.05) is 18.1 Å². The first kappa shape index (κ1) is 16.7. The number of rotatable bonds is 8.